The maximum Gasteiger partial charge on any atom is 0.00413 e. The minimum Gasteiger partial charge on any atom is -0.328 e. The van der Waals surface area contributed by atoms with Crippen LogP contribution in [0.15, 0.2) is 0 Å². The molecule has 0 bridgehead atoms. The van der Waals surface area contributed by atoms with Crippen LogP contribution in [0.5, 0.6) is 0 Å². The quantitative estimate of drug-likeness (QED) is 0.687. The van der Waals surface area contributed by atoms with Crippen molar-refractivity contribution in [3.63, 3.8) is 0 Å². The standard InChI is InChI=1S/C11H23N/c1-2-6-11(12)9-10-7-4-3-5-8-10/h10-11H,2-9,12H2,1H3. The molecular weight excluding hydrogens is 146 g/mol. The first-order chi connectivity index (χ1) is 5.83. The molecule has 0 amide bonds. The molecule has 1 unspecified atom stereocenters. The van der Waals surface area contributed by atoms with Gasteiger partial charge in [-0.1, -0.05) is 45.4 Å². The van der Waals surface area contributed by atoms with Gasteiger partial charge in [0.25, 0.3) is 0 Å². The van der Waals surface area contributed by atoms with Crippen molar-refractivity contribution in [2.45, 2.75) is 64.3 Å². The predicted octanol–water partition coefficient (Wildman–Crippen LogP) is 3.08. The third kappa shape index (κ3) is 3.57. The van der Waals surface area contributed by atoms with E-state index in [-0.39, 0.29) is 0 Å². The van der Waals surface area contributed by atoms with Crippen LogP contribution in [0.4, 0.5) is 0 Å². The number of nitrogens with two attached hydrogens (primary N) is 1. The molecule has 0 heterocycles. The zero-order valence-electron chi connectivity index (χ0n) is 8.39. The summed E-state index contributed by atoms with van der Waals surface area (Å²) in [6, 6.07) is 0.484. The van der Waals surface area contributed by atoms with Crippen LogP contribution in [0.1, 0.15) is 58.3 Å². The van der Waals surface area contributed by atoms with Crippen LogP contribution in [0, 0.1) is 5.92 Å². The van der Waals surface area contributed by atoms with Crippen molar-refractivity contribution < 1.29 is 0 Å². The third-order valence-electron chi connectivity index (χ3n) is 3.02. The Morgan fingerprint density at radius 1 is 1.25 bits per heavy atom. The molecule has 1 heteroatoms. The van der Waals surface area contributed by atoms with Crippen molar-refractivity contribution in [2.24, 2.45) is 11.7 Å². The molecule has 2 N–H and O–H groups in total. The molecule has 1 aliphatic rings. The Balaban J connectivity index is 2.11. The van der Waals surface area contributed by atoms with E-state index in [0.29, 0.717) is 6.04 Å². The van der Waals surface area contributed by atoms with Gasteiger partial charge in [-0.05, 0) is 18.8 Å². The van der Waals surface area contributed by atoms with Crippen LogP contribution in [0.3, 0.4) is 0 Å². The van der Waals surface area contributed by atoms with Crippen molar-refractivity contribution >= 4 is 0 Å². The normalized spacial score (nSPS) is 22.5. The molecular formula is C11H23N. The highest BCUT2D eigenvalue weighted by molar-refractivity contribution is 4.71. The van der Waals surface area contributed by atoms with Crippen molar-refractivity contribution in [3.05, 3.63) is 0 Å². The average Bonchev–Trinajstić information content (AvgIpc) is 2.06. The predicted molar refractivity (Wildman–Crippen MR) is 54.1 cm³/mol. The molecule has 72 valence electrons. The van der Waals surface area contributed by atoms with Gasteiger partial charge in [-0.15, -0.1) is 0 Å². The van der Waals surface area contributed by atoms with Crippen LogP contribution < -0.4 is 5.73 Å². The molecule has 1 rings (SSSR count). The molecule has 1 fully saturated rings. The highest BCUT2D eigenvalue weighted by atomic mass is 14.6. The molecule has 0 aromatic carbocycles. The van der Waals surface area contributed by atoms with Gasteiger partial charge < -0.3 is 5.73 Å². The molecule has 0 spiro atoms. The first-order valence-electron chi connectivity index (χ1n) is 5.58. The van der Waals surface area contributed by atoms with E-state index in [0.717, 1.165) is 5.92 Å². The Hall–Kier alpha value is -0.0400. The molecule has 0 aromatic rings. The highest BCUT2D eigenvalue weighted by Crippen LogP contribution is 2.27. The van der Waals surface area contributed by atoms with Crippen LogP contribution in [0.2, 0.25) is 0 Å². The lowest BCUT2D eigenvalue weighted by Gasteiger charge is -2.24. The van der Waals surface area contributed by atoms with Gasteiger partial charge in [-0.2, -0.15) is 0 Å². The lowest BCUT2D eigenvalue weighted by Crippen LogP contribution is -2.24. The van der Waals surface area contributed by atoms with Crippen LogP contribution >= 0.6 is 0 Å². The lowest BCUT2D eigenvalue weighted by atomic mass is 9.84. The second-order valence-corrected chi connectivity index (χ2v) is 4.29. The van der Waals surface area contributed by atoms with Crippen molar-refractivity contribution in [1.82, 2.24) is 0 Å². The summed E-state index contributed by atoms with van der Waals surface area (Å²) in [4.78, 5) is 0. The van der Waals surface area contributed by atoms with Gasteiger partial charge in [-0.25, -0.2) is 0 Å². The van der Waals surface area contributed by atoms with E-state index in [1.807, 2.05) is 0 Å². The van der Waals surface area contributed by atoms with Gasteiger partial charge >= 0.3 is 0 Å². The van der Waals surface area contributed by atoms with Crippen molar-refractivity contribution in [3.8, 4) is 0 Å². The van der Waals surface area contributed by atoms with Gasteiger partial charge in [0.1, 0.15) is 0 Å². The first-order valence-corrected chi connectivity index (χ1v) is 5.58. The van der Waals surface area contributed by atoms with E-state index < -0.39 is 0 Å². The zero-order valence-corrected chi connectivity index (χ0v) is 8.39. The van der Waals surface area contributed by atoms with Crippen LogP contribution in [0.25, 0.3) is 0 Å². The summed E-state index contributed by atoms with van der Waals surface area (Å²) in [7, 11) is 0. The van der Waals surface area contributed by atoms with Crippen molar-refractivity contribution in [2.75, 3.05) is 0 Å². The fourth-order valence-electron chi connectivity index (χ4n) is 2.34. The number of hydrogen-bond acceptors (Lipinski definition) is 1. The largest absolute Gasteiger partial charge is 0.328 e. The first kappa shape index (κ1) is 10.0. The van der Waals surface area contributed by atoms with Gasteiger partial charge in [0.05, 0.1) is 0 Å². The Kier molecular flexibility index (Phi) is 4.67. The molecule has 0 radical (unpaired) electrons. The molecule has 0 saturated heterocycles. The van der Waals surface area contributed by atoms with E-state index in [2.05, 4.69) is 6.92 Å². The minimum atomic E-state index is 0.484. The second-order valence-electron chi connectivity index (χ2n) is 4.29. The van der Waals surface area contributed by atoms with E-state index in [9.17, 15) is 0 Å². The van der Waals surface area contributed by atoms with Gasteiger partial charge in [0.2, 0.25) is 0 Å². The molecule has 0 aromatic heterocycles. The van der Waals surface area contributed by atoms with Gasteiger partial charge in [0.15, 0.2) is 0 Å². The maximum absolute atomic E-state index is 6.02. The van der Waals surface area contributed by atoms with E-state index in [1.54, 1.807) is 0 Å². The molecule has 1 atom stereocenters. The summed E-state index contributed by atoms with van der Waals surface area (Å²) < 4.78 is 0. The van der Waals surface area contributed by atoms with Crippen molar-refractivity contribution in [1.29, 1.82) is 0 Å². The summed E-state index contributed by atoms with van der Waals surface area (Å²) >= 11 is 0. The summed E-state index contributed by atoms with van der Waals surface area (Å²) in [5.41, 5.74) is 6.02. The molecule has 0 aliphatic heterocycles. The molecule has 1 nitrogen and oxygen atoms in total. The monoisotopic (exact) mass is 169 g/mol. The van der Waals surface area contributed by atoms with Gasteiger partial charge in [-0.3, -0.25) is 0 Å². The molecule has 12 heavy (non-hydrogen) atoms. The maximum atomic E-state index is 6.02. The van der Waals surface area contributed by atoms with E-state index in [4.69, 9.17) is 5.73 Å². The Bertz CT molecular complexity index is 106. The third-order valence-corrected chi connectivity index (χ3v) is 3.02. The highest BCUT2D eigenvalue weighted by Gasteiger charge is 2.15. The molecule has 1 aliphatic carbocycles. The number of hydrogen-bond donors (Lipinski definition) is 1. The smallest absolute Gasteiger partial charge is 0.00413 e. The summed E-state index contributed by atoms with van der Waals surface area (Å²) in [6.07, 6.45) is 11.0. The average molecular weight is 169 g/mol. The van der Waals surface area contributed by atoms with Crippen LogP contribution in [-0.2, 0) is 0 Å². The summed E-state index contributed by atoms with van der Waals surface area (Å²) in [5.74, 6) is 0.959. The topological polar surface area (TPSA) is 26.0 Å². The summed E-state index contributed by atoms with van der Waals surface area (Å²) in [5, 5.41) is 0. The van der Waals surface area contributed by atoms with Crippen LogP contribution in [-0.4, -0.2) is 6.04 Å². The zero-order chi connectivity index (χ0) is 8.81. The Labute approximate surface area is 76.7 Å². The SMILES string of the molecule is CCCC(N)CC1CCCCC1. The minimum absolute atomic E-state index is 0.484. The Morgan fingerprint density at radius 3 is 2.50 bits per heavy atom. The fraction of sp³-hybridized carbons (Fsp3) is 1.00. The second kappa shape index (κ2) is 5.58. The molecule has 1 saturated carbocycles. The van der Waals surface area contributed by atoms with Gasteiger partial charge in [0, 0.05) is 6.04 Å². The lowest BCUT2D eigenvalue weighted by molar-refractivity contribution is 0.312. The van der Waals surface area contributed by atoms with E-state index >= 15 is 0 Å². The number of rotatable bonds is 4. The summed E-state index contributed by atoms with van der Waals surface area (Å²) in [6.45, 7) is 2.22. The fourth-order valence-corrected chi connectivity index (χ4v) is 2.34. The van der Waals surface area contributed by atoms with E-state index in [1.165, 1.54) is 51.4 Å². The Morgan fingerprint density at radius 2 is 1.92 bits per heavy atom.